The van der Waals surface area contributed by atoms with Gasteiger partial charge in [-0.3, -0.25) is 0 Å². The summed E-state index contributed by atoms with van der Waals surface area (Å²) < 4.78 is 32.4. The van der Waals surface area contributed by atoms with E-state index in [-0.39, 0.29) is 23.3 Å². The summed E-state index contributed by atoms with van der Waals surface area (Å²) in [6.07, 6.45) is 0. The SMILES string of the molecule is CCSCC(C)NS(=O)(=O)c1ccc(CO)cc1OC. The Labute approximate surface area is 124 Å². The highest BCUT2D eigenvalue weighted by molar-refractivity contribution is 7.99. The summed E-state index contributed by atoms with van der Waals surface area (Å²) in [6, 6.07) is 4.39. The second-order valence-corrected chi connectivity index (χ2v) is 7.33. The number of hydrogen-bond donors (Lipinski definition) is 2. The Morgan fingerprint density at radius 3 is 2.70 bits per heavy atom. The lowest BCUT2D eigenvalue weighted by molar-refractivity contribution is 0.280. The molecule has 0 saturated heterocycles. The maximum absolute atomic E-state index is 12.3. The number of hydrogen-bond acceptors (Lipinski definition) is 5. The normalized spacial score (nSPS) is 13.2. The van der Waals surface area contributed by atoms with Crippen molar-refractivity contribution in [1.82, 2.24) is 4.72 Å². The van der Waals surface area contributed by atoms with Gasteiger partial charge < -0.3 is 9.84 Å². The first-order valence-corrected chi connectivity index (χ1v) is 8.96. The molecule has 7 heteroatoms. The lowest BCUT2D eigenvalue weighted by Gasteiger charge is -2.16. The van der Waals surface area contributed by atoms with Gasteiger partial charge in [0.05, 0.1) is 13.7 Å². The monoisotopic (exact) mass is 319 g/mol. The summed E-state index contributed by atoms with van der Waals surface area (Å²) in [6.45, 7) is 3.70. The molecule has 20 heavy (non-hydrogen) atoms. The van der Waals surface area contributed by atoms with Crippen LogP contribution in [0, 0.1) is 0 Å². The van der Waals surface area contributed by atoms with E-state index in [4.69, 9.17) is 9.84 Å². The third-order valence-electron chi connectivity index (χ3n) is 2.63. The van der Waals surface area contributed by atoms with E-state index in [2.05, 4.69) is 4.72 Å². The van der Waals surface area contributed by atoms with E-state index in [0.717, 1.165) is 5.75 Å². The van der Waals surface area contributed by atoms with E-state index in [1.165, 1.54) is 19.2 Å². The van der Waals surface area contributed by atoms with Gasteiger partial charge in [0.1, 0.15) is 10.6 Å². The maximum Gasteiger partial charge on any atom is 0.244 e. The summed E-state index contributed by atoms with van der Waals surface area (Å²) >= 11 is 1.68. The van der Waals surface area contributed by atoms with Crippen molar-refractivity contribution in [3.63, 3.8) is 0 Å². The molecule has 5 nitrogen and oxygen atoms in total. The molecule has 0 saturated carbocycles. The van der Waals surface area contributed by atoms with E-state index in [1.807, 2.05) is 13.8 Å². The van der Waals surface area contributed by atoms with E-state index in [1.54, 1.807) is 17.8 Å². The van der Waals surface area contributed by atoms with Crippen molar-refractivity contribution in [3.05, 3.63) is 23.8 Å². The van der Waals surface area contributed by atoms with Gasteiger partial charge in [-0.05, 0) is 30.4 Å². The van der Waals surface area contributed by atoms with Crippen LogP contribution in [0.15, 0.2) is 23.1 Å². The smallest absolute Gasteiger partial charge is 0.244 e. The van der Waals surface area contributed by atoms with Gasteiger partial charge in [0.2, 0.25) is 10.0 Å². The van der Waals surface area contributed by atoms with Gasteiger partial charge in [-0.15, -0.1) is 0 Å². The summed E-state index contributed by atoms with van der Waals surface area (Å²) in [4.78, 5) is 0.0885. The van der Waals surface area contributed by atoms with Gasteiger partial charge in [0, 0.05) is 11.8 Å². The number of ether oxygens (including phenoxy) is 1. The van der Waals surface area contributed by atoms with Crippen molar-refractivity contribution in [2.45, 2.75) is 31.4 Å². The highest BCUT2D eigenvalue weighted by atomic mass is 32.2. The minimum atomic E-state index is -3.63. The Morgan fingerprint density at radius 2 is 2.15 bits per heavy atom. The van der Waals surface area contributed by atoms with Gasteiger partial charge in [-0.1, -0.05) is 13.0 Å². The maximum atomic E-state index is 12.3. The van der Waals surface area contributed by atoms with Crippen LogP contribution in [-0.2, 0) is 16.6 Å². The van der Waals surface area contributed by atoms with Crippen LogP contribution in [0.25, 0.3) is 0 Å². The number of aliphatic hydroxyl groups is 1. The Balaban J connectivity index is 2.97. The number of methoxy groups -OCH3 is 1. The molecule has 1 unspecified atom stereocenters. The highest BCUT2D eigenvalue weighted by Gasteiger charge is 2.21. The molecular formula is C13H21NO4S2. The zero-order valence-electron chi connectivity index (χ0n) is 11.9. The number of nitrogens with one attached hydrogen (secondary N) is 1. The average molecular weight is 319 g/mol. The summed E-state index contributed by atoms with van der Waals surface area (Å²) in [5.41, 5.74) is 0.607. The Kier molecular flexibility index (Phi) is 6.81. The van der Waals surface area contributed by atoms with E-state index < -0.39 is 10.0 Å². The predicted molar refractivity (Wildman–Crippen MR) is 81.7 cm³/mol. The quantitative estimate of drug-likeness (QED) is 0.761. The van der Waals surface area contributed by atoms with Gasteiger partial charge in [-0.2, -0.15) is 11.8 Å². The number of thioether (sulfide) groups is 1. The molecule has 114 valence electrons. The van der Waals surface area contributed by atoms with Crippen LogP contribution in [0.4, 0.5) is 0 Å². The lowest BCUT2D eigenvalue weighted by Crippen LogP contribution is -2.34. The molecule has 0 heterocycles. The van der Waals surface area contributed by atoms with Crippen molar-refractivity contribution in [2.24, 2.45) is 0 Å². The molecule has 1 aromatic carbocycles. The fourth-order valence-corrected chi connectivity index (χ4v) is 3.86. The highest BCUT2D eigenvalue weighted by Crippen LogP contribution is 2.25. The molecule has 0 spiro atoms. The Morgan fingerprint density at radius 1 is 1.45 bits per heavy atom. The van der Waals surface area contributed by atoms with E-state index in [9.17, 15) is 8.42 Å². The molecule has 1 aromatic rings. The minimum Gasteiger partial charge on any atom is -0.495 e. The first-order valence-electron chi connectivity index (χ1n) is 6.32. The van der Waals surface area contributed by atoms with Crippen molar-refractivity contribution in [1.29, 1.82) is 0 Å². The van der Waals surface area contributed by atoms with Gasteiger partial charge in [0.15, 0.2) is 0 Å². The molecule has 2 N–H and O–H groups in total. The van der Waals surface area contributed by atoms with Crippen molar-refractivity contribution < 1.29 is 18.3 Å². The topological polar surface area (TPSA) is 75.6 Å². The average Bonchev–Trinajstić information content (AvgIpc) is 2.43. The second kappa shape index (κ2) is 7.87. The molecule has 0 aliphatic rings. The van der Waals surface area contributed by atoms with Gasteiger partial charge >= 0.3 is 0 Å². The predicted octanol–water partition coefficient (Wildman–Crippen LogP) is 1.61. The first kappa shape index (κ1) is 17.3. The van der Waals surface area contributed by atoms with Crippen molar-refractivity contribution in [2.75, 3.05) is 18.6 Å². The molecule has 0 bridgehead atoms. The third kappa shape index (κ3) is 4.66. The Hall–Kier alpha value is -0.760. The van der Waals surface area contributed by atoms with Gasteiger partial charge in [0.25, 0.3) is 0 Å². The van der Waals surface area contributed by atoms with Crippen LogP contribution in [0.3, 0.4) is 0 Å². The Bertz CT molecular complexity index is 531. The summed E-state index contributed by atoms with van der Waals surface area (Å²) in [5, 5.41) is 9.07. The lowest BCUT2D eigenvalue weighted by atomic mass is 10.2. The first-order chi connectivity index (χ1) is 9.44. The number of rotatable bonds is 8. The summed E-state index contributed by atoms with van der Waals surface area (Å²) in [5.74, 6) is 1.90. The largest absolute Gasteiger partial charge is 0.495 e. The van der Waals surface area contributed by atoms with Crippen LogP contribution in [0.2, 0.25) is 0 Å². The number of benzene rings is 1. The second-order valence-electron chi connectivity index (χ2n) is 4.33. The van der Waals surface area contributed by atoms with Crippen LogP contribution < -0.4 is 9.46 Å². The molecule has 0 aliphatic carbocycles. The molecule has 0 aromatic heterocycles. The molecule has 1 atom stereocenters. The zero-order chi connectivity index (χ0) is 15.2. The molecular weight excluding hydrogens is 298 g/mol. The number of aliphatic hydroxyl groups excluding tert-OH is 1. The minimum absolute atomic E-state index is 0.0885. The molecule has 0 aliphatic heterocycles. The van der Waals surface area contributed by atoms with E-state index in [0.29, 0.717) is 11.3 Å². The molecule has 1 rings (SSSR count). The summed E-state index contributed by atoms with van der Waals surface area (Å²) in [7, 11) is -2.22. The van der Waals surface area contributed by atoms with Crippen LogP contribution in [0.5, 0.6) is 5.75 Å². The van der Waals surface area contributed by atoms with E-state index >= 15 is 0 Å². The molecule has 0 amide bonds. The van der Waals surface area contributed by atoms with Crippen LogP contribution in [0.1, 0.15) is 19.4 Å². The van der Waals surface area contributed by atoms with Gasteiger partial charge in [-0.25, -0.2) is 13.1 Å². The standard InChI is InChI=1S/C13H21NO4S2/c1-4-19-9-10(2)14-20(16,17)13-6-5-11(8-15)7-12(13)18-3/h5-7,10,14-15H,4,8-9H2,1-3H3. The molecule has 0 fully saturated rings. The van der Waals surface area contributed by atoms with Crippen LogP contribution >= 0.6 is 11.8 Å². The molecule has 0 radical (unpaired) electrons. The van der Waals surface area contributed by atoms with Crippen molar-refractivity contribution >= 4 is 21.8 Å². The van der Waals surface area contributed by atoms with Crippen LogP contribution in [-0.4, -0.2) is 38.2 Å². The third-order valence-corrected chi connectivity index (χ3v) is 5.40. The zero-order valence-corrected chi connectivity index (χ0v) is 13.6. The van der Waals surface area contributed by atoms with Crippen molar-refractivity contribution in [3.8, 4) is 5.75 Å². The fraction of sp³-hybridized carbons (Fsp3) is 0.538. The fourth-order valence-electron chi connectivity index (χ4n) is 1.69. The number of sulfonamides is 1.